The minimum atomic E-state index is 0.107. The zero-order valence-electron chi connectivity index (χ0n) is 5.26. The number of hydrogen-bond donors (Lipinski definition) is 1. The largest absolute Gasteiger partial charge is 0.351 e. The van der Waals surface area contributed by atoms with Crippen LogP contribution in [0.4, 0.5) is 0 Å². The monoisotopic (exact) mass is 220 g/mol. The van der Waals surface area contributed by atoms with Crippen molar-refractivity contribution in [3.8, 4) is 0 Å². The fourth-order valence-electron chi connectivity index (χ4n) is 0.582. The van der Waals surface area contributed by atoms with E-state index in [4.69, 9.17) is 0 Å². The number of carbonyl (C=O) groups is 1. The molecule has 0 aliphatic rings. The molecule has 2 nitrogen and oxygen atoms in total. The SMILES string of the molecule is [NH3+]CC(=O)c1cc(Br)cs1. The summed E-state index contributed by atoms with van der Waals surface area (Å²) >= 11 is 4.71. The topological polar surface area (TPSA) is 44.7 Å². The van der Waals surface area contributed by atoms with Crippen molar-refractivity contribution in [2.45, 2.75) is 0 Å². The number of thiophene rings is 1. The van der Waals surface area contributed by atoms with E-state index in [1.54, 1.807) is 0 Å². The summed E-state index contributed by atoms with van der Waals surface area (Å²) in [7, 11) is 0. The van der Waals surface area contributed by atoms with Crippen LogP contribution in [0.2, 0.25) is 0 Å². The molecule has 0 saturated heterocycles. The van der Waals surface area contributed by atoms with Gasteiger partial charge in [-0.3, -0.25) is 4.79 Å². The number of Topliss-reactive ketones (excluding diaryl/α,β-unsaturated/α-hetero) is 1. The third-order valence-corrected chi connectivity index (χ3v) is 2.80. The Hall–Kier alpha value is -0.190. The molecule has 0 aromatic carbocycles. The van der Waals surface area contributed by atoms with Gasteiger partial charge >= 0.3 is 0 Å². The maximum Gasteiger partial charge on any atom is 0.226 e. The Kier molecular flexibility index (Phi) is 2.59. The zero-order chi connectivity index (χ0) is 7.56. The van der Waals surface area contributed by atoms with Crippen LogP contribution in [-0.2, 0) is 0 Å². The summed E-state index contributed by atoms with van der Waals surface area (Å²) in [4.78, 5) is 11.7. The van der Waals surface area contributed by atoms with Crippen LogP contribution in [0, 0.1) is 0 Å². The Balaban J connectivity index is 2.85. The van der Waals surface area contributed by atoms with Gasteiger partial charge in [0.15, 0.2) is 0 Å². The lowest BCUT2D eigenvalue weighted by Crippen LogP contribution is -2.53. The lowest BCUT2D eigenvalue weighted by Gasteiger charge is -1.84. The maximum absolute atomic E-state index is 11.0. The van der Waals surface area contributed by atoms with Crippen LogP contribution >= 0.6 is 27.3 Å². The van der Waals surface area contributed by atoms with E-state index < -0.39 is 0 Å². The molecule has 10 heavy (non-hydrogen) atoms. The van der Waals surface area contributed by atoms with Crippen LogP contribution in [0.3, 0.4) is 0 Å². The van der Waals surface area contributed by atoms with Crippen molar-refractivity contribution < 1.29 is 10.5 Å². The number of halogens is 1. The molecule has 0 amide bonds. The first-order chi connectivity index (χ1) is 4.74. The molecule has 1 aromatic heterocycles. The van der Waals surface area contributed by atoms with Crippen molar-refractivity contribution in [1.29, 1.82) is 0 Å². The van der Waals surface area contributed by atoms with Crippen LogP contribution in [0.15, 0.2) is 15.9 Å². The minimum absolute atomic E-state index is 0.107. The van der Waals surface area contributed by atoms with Crippen molar-refractivity contribution in [3.63, 3.8) is 0 Å². The number of quaternary nitrogens is 1. The van der Waals surface area contributed by atoms with Gasteiger partial charge in [-0.15, -0.1) is 11.3 Å². The molecule has 1 aromatic rings. The van der Waals surface area contributed by atoms with Crippen LogP contribution in [0.1, 0.15) is 9.67 Å². The van der Waals surface area contributed by atoms with Gasteiger partial charge in [-0.1, -0.05) is 0 Å². The molecule has 1 rings (SSSR count). The van der Waals surface area contributed by atoms with E-state index >= 15 is 0 Å². The second kappa shape index (κ2) is 3.27. The first-order valence-corrected chi connectivity index (χ1v) is 4.48. The predicted molar refractivity (Wildman–Crippen MR) is 44.1 cm³/mol. The lowest BCUT2D eigenvalue weighted by atomic mass is 10.3. The highest BCUT2D eigenvalue weighted by molar-refractivity contribution is 9.10. The van der Waals surface area contributed by atoms with Gasteiger partial charge in [-0.25, -0.2) is 0 Å². The van der Waals surface area contributed by atoms with E-state index in [2.05, 4.69) is 21.7 Å². The molecule has 0 spiro atoms. The molecule has 0 aliphatic heterocycles. The van der Waals surface area contributed by atoms with Gasteiger partial charge in [0.1, 0.15) is 6.54 Å². The van der Waals surface area contributed by atoms with Gasteiger partial charge < -0.3 is 5.73 Å². The molecule has 0 atom stereocenters. The second-order valence-electron chi connectivity index (χ2n) is 1.80. The normalized spacial score (nSPS) is 9.80. The highest BCUT2D eigenvalue weighted by atomic mass is 79.9. The van der Waals surface area contributed by atoms with E-state index in [-0.39, 0.29) is 5.78 Å². The summed E-state index contributed by atoms with van der Waals surface area (Å²) in [6.07, 6.45) is 0. The third-order valence-electron chi connectivity index (χ3n) is 1.07. The summed E-state index contributed by atoms with van der Waals surface area (Å²) in [5.74, 6) is 0.107. The number of carbonyl (C=O) groups excluding carboxylic acids is 1. The molecule has 3 N–H and O–H groups in total. The third kappa shape index (κ3) is 1.65. The molecule has 0 radical (unpaired) electrons. The molecular weight excluding hydrogens is 214 g/mol. The van der Waals surface area contributed by atoms with Crippen molar-refractivity contribution >= 4 is 33.0 Å². The van der Waals surface area contributed by atoms with Gasteiger partial charge in [-0.05, 0) is 22.0 Å². The van der Waals surface area contributed by atoms with Crippen molar-refractivity contribution in [2.24, 2.45) is 0 Å². The van der Waals surface area contributed by atoms with E-state index in [1.807, 2.05) is 11.4 Å². The number of ketones is 1. The van der Waals surface area contributed by atoms with E-state index in [1.165, 1.54) is 11.3 Å². The van der Waals surface area contributed by atoms with E-state index in [0.717, 1.165) is 9.35 Å². The van der Waals surface area contributed by atoms with Gasteiger partial charge in [0.05, 0.1) is 4.88 Å². The summed E-state index contributed by atoms with van der Waals surface area (Å²) in [5.41, 5.74) is 3.51. The van der Waals surface area contributed by atoms with Crippen LogP contribution < -0.4 is 5.73 Å². The van der Waals surface area contributed by atoms with Crippen LogP contribution in [0.5, 0.6) is 0 Å². The van der Waals surface area contributed by atoms with Crippen LogP contribution in [0.25, 0.3) is 0 Å². The standard InChI is InChI=1S/C6H6BrNOS/c7-4-1-6(10-3-4)5(9)2-8/h1,3H,2,8H2/p+1. The smallest absolute Gasteiger partial charge is 0.226 e. The first-order valence-electron chi connectivity index (χ1n) is 2.80. The molecule has 54 valence electrons. The van der Waals surface area contributed by atoms with Gasteiger partial charge in [0.2, 0.25) is 5.78 Å². The Morgan fingerprint density at radius 2 is 2.50 bits per heavy atom. The summed E-state index contributed by atoms with van der Waals surface area (Å²) in [6, 6.07) is 1.82. The highest BCUT2D eigenvalue weighted by Crippen LogP contribution is 2.19. The fraction of sp³-hybridized carbons (Fsp3) is 0.167. The Labute approximate surface area is 71.2 Å². The molecule has 0 fully saturated rings. The van der Waals surface area contributed by atoms with E-state index in [9.17, 15) is 4.79 Å². The Bertz CT molecular complexity index is 246. The zero-order valence-corrected chi connectivity index (χ0v) is 7.67. The summed E-state index contributed by atoms with van der Waals surface area (Å²) in [6.45, 7) is 0.340. The molecule has 0 bridgehead atoms. The molecule has 4 heteroatoms. The number of rotatable bonds is 2. The van der Waals surface area contributed by atoms with Gasteiger partial charge in [0.25, 0.3) is 0 Å². The van der Waals surface area contributed by atoms with Crippen molar-refractivity contribution in [3.05, 3.63) is 20.8 Å². The Morgan fingerprint density at radius 3 is 2.90 bits per heavy atom. The van der Waals surface area contributed by atoms with E-state index in [0.29, 0.717) is 6.54 Å². The molecule has 0 saturated carbocycles. The molecule has 1 heterocycles. The average molecular weight is 221 g/mol. The second-order valence-corrected chi connectivity index (χ2v) is 3.63. The average Bonchev–Trinajstić information content (AvgIpc) is 2.34. The summed E-state index contributed by atoms with van der Waals surface area (Å²) in [5, 5.41) is 1.89. The fourth-order valence-corrected chi connectivity index (χ4v) is 1.98. The van der Waals surface area contributed by atoms with Gasteiger partial charge in [0, 0.05) is 9.85 Å². The summed E-state index contributed by atoms with van der Waals surface area (Å²) < 4.78 is 0.967. The first kappa shape index (κ1) is 7.91. The van der Waals surface area contributed by atoms with Crippen molar-refractivity contribution in [1.82, 2.24) is 0 Å². The van der Waals surface area contributed by atoms with Crippen molar-refractivity contribution in [2.75, 3.05) is 6.54 Å². The molecule has 0 aliphatic carbocycles. The number of hydrogen-bond acceptors (Lipinski definition) is 2. The molecule has 0 unspecified atom stereocenters. The minimum Gasteiger partial charge on any atom is -0.351 e. The predicted octanol–water partition coefficient (Wildman–Crippen LogP) is 0.935. The Morgan fingerprint density at radius 1 is 1.80 bits per heavy atom. The maximum atomic E-state index is 11.0. The quantitative estimate of drug-likeness (QED) is 0.742. The van der Waals surface area contributed by atoms with Gasteiger partial charge in [-0.2, -0.15) is 0 Å². The van der Waals surface area contributed by atoms with Crippen LogP contribution in [-0.4, -0.2) is 12.3 Å². The molecular formula is C6H7BrNOS+. The lowest BCUT2D eigenvalue weighted by molar-refractivity contribution is -0.349. The highest BCUT2D eigenvalue weighted by Gasteiger charge is 2.06.